The summed E-state index contributed by atoms with van der Waals surface area (Å²) in [6, 6.07) is 15.6. The fourth-order valence-corrected chi connectivity index (χ4v) is 3.24. The number of carboxylic acids is 1. The van der Waals surface area contributed by atoms with Gasteiger partial charge in [-0.2, -0.15) is 5.10 Å². The van der Waals surface area contributed by atoms with Gasteiger partial charge in [0.1, 0.15) is 12.7 Å². The van der Waals surface area contributed by atoms with E-state index >= 15 is 0 Å². The van der Waals surface area contributed by atoms with Gasteiger partial charge in [0.05, 0.1) is 11.6 Å². The highest BCUT2D eigenvalue weighted by Gasteiger charge is 2.24. The largest absolute Gasteiger partial charge is 0.478 e. The standard InChI is InChI=1S/C21H24N4O2/c1-3-19(23-12-16-5-4-6-18(11-16)21(26)27)20(25-14-22-13-24-25)17-9-7-15(2)8-10-17/h4-11,13-14,19-20,23H,3,12H2,1-2H3,(H,26,27). The van der Waals surface area contributed by atoms with Crippen molar-refractivity contribution in [2.45, 2.75) is 38.9 Å². The van der Waals surface area contributed by atoms with Crippen molar-refractivity contribution in [1.29, 1.82) is 0 Å². The van der Waals surface area contributed by atoms with E-state index in [2.05, 4.69) is 53.5 Å². The number of nitrogens with one attached hydrogen (secondary N) is 1. The highest BCUT2D eigenvalue weighted by atomic mass is 16.4. The number of nitrogens with zero attached hydrogens (tertiary/aromatic N) is 3. The molecular formula is C21H24N4O2. The van der Waals surface area contributed by atoms with E-state index in [9.17, 15) is 9.90 Å². The number of carboxylic acid groups (broad SMARTS) is 1. The van der Waals surface area contributed by atoms with Crippen molar-refractivity contribution in [3.8, 4) is 0 Å². The van der Waals surface area contributed by atoms with Crippen LogP contribution in [-0.2, 0) is 6.54 Å². The molecule has 0 radical (unpaired) electrons. The van der Waals surface area contributed by atoms with E-state index in [4.69, 9.17) is 0 Å². The minimum Gasteiger partial charge on any atom is -0.478 e. The van der Waals surface area contributed by atoms with Crippen LogP contribution >= 0.6 is 0 Å². The summed E-state index contributed by atoms with van der Waals surface area (Å²) in [5.41, 5.74) is 3.61. The van der Waals surface area contributed by atoms with Crippen molar-refractivity contribution in [3.05, 3.63) is 83.4 Å². The molecule has 2 unspecified atom stereocenters. The molecule has 6 nitrogen and oxygen atoms in total. The van der Waals surface area contributed by atoms with Gasteiger partial charge in [0, 0.05) is 12.6 Å². The zero-order valence-electron chi connectivity index (χ0n) is 15.5. The maximum Gasteiger partial charge on any atom is 0.335 e. The third-order valence-corrected chi connectivity index (χ3v) is 4.70. The van der Waals surface area contributed by atoms with Crippen molar-refractivity contribution >= 4 is 5.97 Å². The average molecular weight is 364 g/mol. The van der Waals surface area contributed by atoms with Crippen LogP contribution in [0, 0.1) is 6.92 Å². The number of aromatic carboxylic acids is 1. The lowest BCUT2D eigenvalue weighted by Crippen LogP contribution is -2.37. The summed E-state index contributed by atoms with van der Waals surface area (Å²) in [7, 11) is 0. The number of aromatic nitrogens is 3. The Morgan fingerprint density at radius 3 is 2.63 bits per heavy atom. The normalized spacial score (nSPS) is 13.3. The van der Waals surface area contributed by atoms with Gasteiger partial charge in [-0.1, -0.05) is 48.9 Å². The van der Waals surface area contributed by atoms with E-state index in [1.165, 1.54) is 5.56 Å². The molecule has 1 heterocycles. The third kappa shape index (κ3) is 4.60. The second kappa shape index (κ2) is 8.60. The van der Waals surface area contributed by atoms with Crippen molar-refractivity contribution in [3.63, 3.8) is 0 Å². The number of rotatable bonds is 8. The molecule has 3 aromatic rings. The Morgan fingerprint density at radius 1 is 1.22 bits per heavy atom. The van der Waals surface area contributed by atoms with Crippen LogP contribution in [0.15, 0.2) is 61.2 Å². The Kier molecular flexibility index (Phi) is 5.98. The lowest BCUT2D eigenvalue weighted by Gasteiger charge is -2.28. The van der Waals surface area contributed by atoms with E-state index in [1.807, 2.05) is 10.7 Å². The van der Waals surface area contributed by atoms with Gasteiger partial charge in [-0.3, -0.25) is 0 Å². The van der Waals surface area contributed by atoms with Crippen molar-refractivity contribution in [1.82, 2.24) is 20.1 Å². The van der Waals surface area contributed by atoms with Gasteiger partial charge >= 0.3 is 5.97 Å². The first-order chi connectivity index (χ1) is 13.1. The van der Waals surface area contributed by atoms with Gasteiger partial charge in [0.25, 0.3) is 0 Å². The number of benzene rings is 2. The minimum atomic E-state index is -0.913. The van der Waals surface area contributed by atoms with E-state index < -0.39 is 5.97 Å². The molecule has 0 spiro atoms. The van der Waals surface area contributed by atoms with Crippen molar-refractivity contribution in [2.24, 2.45) is 0 Å². The third-order valence-electron chi connectivity index (χ3n) is 4.70. The zero-order valence-corrected chi connectivity index (χ0v) is 15.5. The van der Waals surface area contributed by atoms with Crippen LogP contribution in [0.1, 0.15) is 46.4 Å². The minimum absolute atomic E-state index is 0.000700. The van der Waals surface area contributed by atoms with Gasteiger partial charge in [-0.25, -0.2) is 14.5 Å². The highest BCUT2D eigenvalue weighted by molar-refractivity contribution is 5.87. The molecule has 0 amide bonds. The molecule has 2 atom stereocenters. The first kappa shape index (κ1) is 18.8. The molecule has 0 aliphatic heterocycles. The summed E-state index contributed by atoms with van der Waals surface area (Å²) in [4.78, 5) is 15.3. The van der Waals surface area contributed by atoms with Gasteiger partial charge in [-0.15, -0.1) is 0 Å². The second-order valence-corrected chi connectivity index (χ2v) is 6.63. The molecule has 6 heteroatoms. The molecule has 2 N–H and O–H groups in total. The number of carbonyl (C=O) groups is 1. The van der Waals surface area contributed by atoms with Crippen molar-refractivity contribution < 1.29 is 9.90 Å². The van der Waals surface area contributed by atoms with Gasteiger partial charge < -0.3 is 10.4 Å². The average Bonchev–Trinajstić information content (AvgIpc) is 3.20. The quantitative estimate of drug-likeness (QED) is 0.640. The summed E-state index contributed by atoms with van der Waals surface area (Å²) in [5.74, 6) is -0.913. The van der Waals surface area contributed by atoms with E-state index in [1.54, 1.807) is 30.9 Å². The lowest BCUT2D eigenvalue weighted by atomic mass is 9.96. The van der Waals surface area contributed by atoms with Gasteiger partial charge in [0.2, 0.25) is 0 Å². The Morgan fingerprint density at radius 2 is 2.00 bits per heavy atom. The summed E-state index contributed by atoms with van der Waals surface area (Å²) in [6.45, 7) is 4.78. The van der Waals surface area contributed by atoms with Gasteiger partial charge in [-0.05, 0) is 36.6 Å². The van der Waals surface area contributed by atoms with Crippen LogP contribution in [0.2, 0.25) is 0 Å². The van der Waals surface area contributed by atoms with Crippen LogP contribution in [0.3, 0.4) is 0 Å². The van der Waals surface area contributed by atoms with E-state index in [-0.39, 0.29) is 12.1 Å². The van der Waals surface area contributed by atoms with Crippen LogP contribution in [0.25, 0.3) is 0 Å². The molecular weight excluding hydrogens is 340 g/mol. The Balaban J connectivity index is 1.83. The van der Waals surface area contributed by atoms with E-state index in [0.717, 1.165) is 17.5 Å². The lowest BCUT2D eigenvalue weighted by molar-refractivity contribution is 0.0696. The van der Waals surface area contributed by atoms with Crippen molar-refractivity contribution in [2.75, 3.05) is 0 Å². The van der Waals surface area contributed by atoms with Crippen LogP contribution < -0.4 is 5.32 Å². The molecule has 0 saturated carbocycles. The maximum atomic E-state index is 11.2. The Bertz CT molecular complexity index is 875. The summed E-state index contributed by atoms with van der Waals surface area (Å²) >= 11 is 0. The fraction of sp³-hybridized carbons (Fsp3) is 0.286. The molecule has 0 aliphatic carbocycles. The highest BCUT2D eigenvalue weighted by Crippen LogP contribution is 2.24. The summed E-state index contributed by atoms with van der Waals surface area (Å²) in [6.07, 6.45) is 4.17. The predicted octanol–water partition coefficient (Wildman–Crippen LogP) is 3.44. The SMILES string of the molecule is CCC(NCc1cccc(C(=O)O)c1)C(c1ccc(C)cc1)n1cncn1. The molecule has 0 saturated heterocycles. The molecule has 140 valence electrons. The zero-order chi connectivity index (χ0) is 19.2. The molecule has 3 rings (SSSR count). The van der Waals surface area contributed by atoms with Crippen LogP contribution in [0.4, 0.5) is 0 Å². The first-order valence-corrected chi connectivity index (χ1v) is 9.04. The molecule has 0 fully saturated rings. The van der Waals surface area contributed by atoms with Gasteiger partial charge in [0.15, 0.2) is 0 Å². The molecule has 0 aliphatic rings. The fourth-order valence-electron chi connectivity index (χ4n) is 3.24. The molecule has 2 aromatic carbocycles. The number of hydrogen-bond acceptors (Lipinski definition) is 4. The summed E-state index contributed by atoms with van der Waals surface area (Å²) < 4.78 is 1.87. The number of aryl methyl sites for hydroxylation is 1. The Hall–Kier alpha value is -2.99. The molecule has 27 heavy (non-hydrogen) atoms. The van der Waals surface area contributed by atoms with Crippen LogP contribution in [-0.4, -0.2) is 31.9 Å². The monoisotopic (exact) mass is 364 g/mol. The van der Waals surface area contributed by atoms with Crippen LogP contribution in [0.5, 0.6) is 0 Å². The molecule has 0 bridgehead atoms. The Labute approximate surface area is 158 Å². The maximum absolute atomic E-state index is 11.2. The summed E-state index contributed by atoms with van der Waals surface area (Å²) in [5, 5.41) is 17.1. The van der Waals surface area contributed by atoms with E-state index in [0.29, 0.717) is 12.1 Å². The first-order valence-electron chi connectivity index (χ1n) is 9.04. The number of hydrogen-bond donors (Lipinski definition) is 2. The topological polar surface area (TPSA) is 80.0 Å². The second-order valence-electron chi connectivity index (χ2n) is 6.63. The molecule has 1 aromatic heterocycles. The smallest absolute Gasteiger partial charge is 0.335 e. The predicted molar refractivity (Wildman–Crippen MR) is 104 cm³/mol.